The van der Waals surface area contributed by atoms with Gasteiger partial charge in [-0.3, -0.25) is 4.79 Å². The standard InChI is InChI=1S/C14H16BrN3OS/c1-2-7-16-8-13(19)18-14-17-12(9-20-14)10-3-5-11(15)6-4-10/h3-6,9,16H,2,7-8H2,1H3,(H,17,18,19). The third kappa shape index (κ3) is 4.40. The molecule has 0 aliphatic rings. The molecular formula is C14H16BrN3OS. The lowest BCUT2D eigenvalue weighted by atomic mass is 10.2. The second-order valence-electron chi connectivity index (χ2n) is 4.27. The minimum absolute atomic E-state index is 0.0600. The van der Waals surface area contributed by atoms with Gasteiger partial charge in [0.05, 0.1) is 12.2 Å². The molecule has 4 nitrogen and oxygen atoms in total. The minimum atomic E-state index is -0.0600. The van der Waals surface area contributed by atoms with E-state index in [0.717, 1.165) is 28.7 Å². The number of hydrogen-bond acceptors (Lipinski definition) is 4. The summed E-state index contributed by atoms with van der Waals surface area (Å²) in [5.41, 5.74) is 1.91. The lowest BCUT2D eigenvalue weighted by molar-refractivity contribution is -0.115. The number of rotatable bonds is 6. The zero-order valence-corrected chi connectivity index (χ0v) is 13.6. The highest BCUT2D eigenvalue weighted by Crippen LogP contribution is 2.25. The van der Waals surface area contributed by atoms with Crippen molar-refractivity contribution in [2.75, 3.05) is 18.4 Å². The maximum atomic E-state index is 11.7. The van der Waals surface area contributed by atoms with E-state index < -0.39 is 0 Å². The summed E-state index contributed by atoms with van der Waals surface area (Å²) >= 11 is 4.84. The van der Waals surface area contributed by atoms with Crippen LogP contribution in [0.25, 0.3) is 11.3 Å². The van der Waals surface area contributed by atoms with E-state index in [2.05, 4.69) is 38.5 Å². The fraction of sp³-hybridized carbons (Fsp3) is 0.286. The SMILES string of the molecule is CCCNCC(=O)Nc1nc(-c2ccc(Br)cc2)cs1. The topological polar surface area (TPSA) is 54.0 Å². The summed E-state index contributed by atoms with van der Waals surface area (Å²) < 4.78 is 1.03. The molecule has 2 N–H and O–H groups in total. The lowest BCUT2D eigenvalue weighted by Crippen LogP contribution is -2.28. The first-order valence-corrected chi connectivity index (χ1v) is 8.08. The van der Waals surface area contributed by atoms with Gasteiger partial charge in [-0.25, -0.2) is 4.98 Å². The molecule has 0 aliphatic carbocycles. The van der Waals surface area contributed by atoms with Gasteiger partial charge in [0.15, 0.2) is 5.13 Å². The highest BCUT2D eigenvalue weighted by atomic mass is 79.9. The van der Waals surface area contributed by atoms with Crippen LogP contribution in [0.2, 0.25) is 0 Å². The van der Waals surface area contributed by atoms with Crippen molar-refractivity contribution < 1.29 is 4.79 Å². The quantitative estimate of drug-likeness (QED) is 0.781. The molecule has 1 aromatic carbocycles. The van der Waals surface area contributed by atoms with Crippen LogP contribution < -0.4 is 10.6 Å². The molecule has 6 heteroatoms. The Hall–Kier alpha value is -1.24. The van der Waals surface area contributed by atoms with Crippen molar-refractivity contribution in [3.63, 3.8) is 0 Å². The first kappa shape index (κ1) is 15.2. The van der Waals surface area contributed by atoms with Gasteiger partial charge >= 0.3 is 0 Å². The highest BCUT2D eigenvalue weighted by Gasteiger charge is 2.07. The predicted octanol–water partition coefficient (Wildman–Crippen LogP) is 3.51. The largest absolute Gasteiger partial charge is 0.308 e. The number of anilines is 1. The van der Waals surface area contributed by atoms with Crippen LogP contribution in [0.15, 0.2) is 34.1 Å². The van der Waals surface area contributed by atoms with Crippen LogP contribution in [0.3, 0.4) is 0 Å². The molecule has 2 aromatic rings. The van der Waals surface area contributed by atoms with E-state index in [1.165, 1.54) is 11.3 Å². The molecular weight excluding hydrogens is 338 g/mol. The van der Waals surface area contributed by atoms with Crippen molar-refractivity contribution in [3.8, 4) is 11.3 Å². The van der Waals surface area contributed by atoms with Crippen molar-refractivity contribution >= 4 is 38.3 Å². The molecule has 1 aromatic heterocycles. The summed E-state index contributed by atoms with van der Waals surface area (Å²) in [5.74, 6) is -0.0600. The Labute approximate surface area is 130 Å². The predicted molar refractivity (Wildman–Crippen MR) is 87.0 cm³/mol. The van der Waals surface area contributed by atoms with E-state index in [9.17, 15) is 4.79 Å². The average Bonchev–Trinajstić information content (AvgIpc) is 2.88. The number of benzene rings is 1. The zero-order chi connectivity index (χ0) is 14.4. The molecule has 0 spiro atoms. The van der Waals surface area contributed by atoms with E-state index in [1.54, 1.807) is 0 Å². The summed E-state index contributed by atoms with van der Waals surface area (Å²) in [5, 5.41) is 8.43. The Morgan fingerprint density at radius 3 is 2.80 bits per heavy atom. The van der Waals surface area contributed by atoms with E-state index in [-0.39, 0.29) is 5.91 Å². The van der Waals surface area contributed by atoms with Crippen LogP contribution in [0.1, 0.15) is 13.3 Å². The first-order valence-electron chi connectivity index (χ1n) is 6.41. The molecule has 0 atom stereocenters. The zero-order valence-electron chi connectivity index (χ0n) is 11.1. The Balaban J connectivity index is 1.95. The second kappa shape index (κ2) is 7.52. The highest BCUT2D eigenvalue weighted by molar-refractivity contribution is 9.10. The fourth-order valence-corrected chi connectivity index (χ4v) is 2.63. The van der Waals surface area contributed by atoms with Crippen molar-refractivity contribution in [2.24, 2.45) is 0 Å². The maximum Gasteiger partial charge on any atom is 0.240 e. The molecule has 20 heavy (non-hydrogen) atoms. The van der Waals surface area contributed by atoms with E-state index in [4.69, 9.17) is 0 Å². The molecule has 1 amide bonds. The van der Waals surface area contributed by atoms with Crippen LogP contribution in [0, 0.1) is 0 Å². The Kier molecular flexibility index (Phi) is 5.70. The third-order valence-corrected chi connectivity index (χ3v) is 3.89. The van der Waals surface area contributed by atoms with Crippen molar-refractivity contribution in [1.29, 1.82) is 0 Å². The molecule has 0 saturated heterocycles. The van der Waals surface area contributed by atoms with Gasteiger partial charge in [0.1, 0.15) is 0 Å². The van der Waals surface area contributed by atoms with Crippen LogP contribution >= 0.6 is 27.3 Å². The Morgan fingerprint density at radius 1 is 1.35 bits per heavy atom. The summed E-state index contributed by atoms with van der Waals surface area (Å²) in [6.07, 6.45) is 1.01. The smallest absolute Gasteiger partial charge is 0.240 e. The number of halogens is 1. The minimum Gasteiger partial charge on any atom is -0.308 e. The number of thiazole rings is 1. The van der Waals surface area contributed by atoms with Crippen LogP contribution in [0.5, 0.6) is 0 Å². The van der Waals surface area contributed by atoms with E-state index >= 15 is 0 Å². The number of aromatic nitrogens is 1. The van der Waals surface area contributed by atoms with Crippen molar-refractivity contribution in [1.82, 2.24) is 10.3 Å². The summed E-state index contributed by atoms with van der Waals surface area (Å²) in [6, 6.07) is 7.93. The van der Waals surface area contributed by atoms with Crippen LogP contribution in [0.4, 0.5) is 5.13 Å². The number of carbonyl (C=O) groups is 1. The Morgan fingerprint density at radius 2 is 2.10 bits per heavy atom. The third-order valence-electron chi connectivity index (χ3n) is 2.60. The van der Waals surface area contributed by atoms with Gasteiger partial charge in [0.25, 0.3) is 0 Å². The summed E-state index contributed by atoms with van der Waals surface area (Å²) in [4.78, 5) is 16.1. The molecule has 1 heterocycles. The number of hydrogen-bond donors (Lipinski definition) is 2. The van der Waals surface area contributed by atoms with Crippen molar-refractivity contribution in [3.05, 3.63) is 34.1 Å². The summed E-state index contributed by atoms with van der Waals surface area (Å²) in [6.45, 7) is 3.23. The van der Waals surface area contributed by atoms with Gasteiger partial charge in [-0.2, -0.15) is 0 Å². The molecule has 0 bridgehead atoms. The normalized spacial score (nSPS) is 10.5. The number of nitrogens with zero attached hydrogens (tertiary/aromatic N) is 1. The van der Waals surface area contributed by atoms with E-state index in [1.807, 2.05) is 29.6 Å². The van der Waals surface area contributed by atoms with Gasteiger partial charge in [0.2, 0.25) is 5.91 Å². The maximum absolute atomic E-state index is 11.7. The van der Waals surface area contributed by atoms with Gasteiger partial charge in [-0.15, -0.1) is 11.3 Å². The number of nitrogens with one attached hydrogen (secondary N) is 2. The van der Waals surface area contributed by atoms with Gasteiger partial charge in [0, 0.05) is 15.4 Å². The molecule has 2 rings (SSSR count). The lowest BCUT2D eigenvalue weighted by Gasteiger charge is -2.02. The van der Waals surface area contributed by atoms with Crippen LogP contribution in [-0.4, -0.2) is 24.0 Å². The molecule has 106 valence electrons. The van der Waals surface area contributed by atoms with Gasteiger partial charge < -0.3 is 10.6 Å². The second-order valence-corrected chi connectivity index (χ2v) is 6.04. The van der Waals surface area contributed by atoms with Crippen LogP contribution in [-0.2, 0) is 4.79 Å². The Bertz CT molecular complexity index is 568. The van der Waals surface area contributed by atoms with Crippen molar-refractivity contribution in [2.45, 2.75) is 13.3 Å². The summed E-state index contributed by atoms with van der Waals surface area (Å²) in [7, 11) is 0. The number of carbonyl (C=O) groups excluding carboxylic acids is 1. The van der Waals surface area contributed by atoms with Gasteiger partial charge in [-0.05, 0) is 25.1 Å². The molecule has 0 fully saturated rings. The molecule has 0 unspecified atom stereocenters. The average molecular weight is 354 g/mol. The van der Waals surface area contributed by atoms with Gasteiger partial charge in [-0.1, -0.05) is 35.0 Å². The molecule has 0 aliphatic heterocycles. The first-order chi connectivity index (χ1) is 9.69. The fourth-order valence-electron chi connectivity index (χ4n) is 1.63. The molecule has 0 saturated carbocycles. The van der Waals surface area contributed by atoms with E-state index in [0.29, 0.717) is 11.7 Å². The molecule has 0 radical (unpaired) electrons. The monoisotopic (exact) mass is 353 g/mol. The number of amides is 1.